The van der Waals surface area contributed by atoms with Crippen LogP contribution in [0.3, 0.4) is 0 Å². The summed E-state index contributed by atoms with van der Waals surface area (Å²) >= 11 is 11.3. The fourth-order valence-corrected chi connectivity index (χ4v) is 2.44. The normalized spacial score (nSPS) is 10.2. The summed E-state index contributed by atoms with van der Waals surface area (Å²) in [6, 6.07) is 6.93. The molecule has 0 radical (unpaired) electrons. The first kappa shape index (κ1) is 13.8. The summed E-state index contributed by atoms with van der Waals surface area (Å²) in [6.07, 6.45) is 3.24. The Kier molecular flexibility index (Phi) is 4.58. The maximum absolute atomic E-state index is 12.1. The minimum absolute atomic E-state index is 0.200. The smallest absolute Gasteiger partial charge is 0.256 e. The first-order valence-electron chi connectivity index (χ1n) is 4.94. The maximum atomic E-state index is 12.1. The van der Waals surface area contributed by atoms with Gasteiger partial charge in [-0.2, -0.15) is 0 Å². The Bertz CT molecular complexity index is 606. The molecule has 2 aromatic rings. The number of nitrogens with zero attached hydrogens (tertiary/aromatic N) is 1. The molecule has 0 aliphatic heterocycles. The van der Waals surface area contributed by atoms with Crippen LogP contribution in [0.25, 0.3) is 0 Å². The minimum Gasteiger partial charge on any atom is -0.321 e. The number of hydrogen-bond acceptors (Lipinski definition) is 2. The molecular formula is C12H7BrClIN2O. The number of hydrogen-bond donors (Lipinski definition) is 1. The molecule has 0 atom stereocenters. The van der Waals surface area contributed by atoms with Gasteiger partial charge in [-0.3, -0.25) is 9.78 Å². The topological polar surface area (TPSA) is 42.0 Å². The fourth-order valence-electron chi connectivity index (χ4n) is 1.34. The summed E-state index contributed by atoms with van der Waals surface area (Å²) in [5.74, 6) is -0.200. The molecule has 0 spiro atoms. The van der Waals surface area contributed by atoms with E-state index in [1.807, 2.05) is 0 Å². The van der Waals surface area contributed by atoms with Crippen molar-refractivity contribution in [2.45, 2.75) is 0 Å². The average Bonchev–Trinajstić information content (AvgIpc) is 2.35. The number of carbonyl (C=O) groups is 1. The molecule has 0 fully saturated rings. The summed E-state index contributed by atoms with van der Waals surface area (Å²) in [4.78, 5) is 16.1. The van der Waals surface area contributed by atoms with E-state index < -0.39 is 0 Å². The van der Waals surface area contributed by atoms with Crippen molar-refractivity contribution in [3.63, 3.8) is 0 Å². The number of rotatable bonds is 2. The molecule has 18 heavy (non-hydrogen) atoms. The first-order valence-corrected chi connectivity index (χ1v) is 7.19. The molecule has 1 N–H and O–H groups in total. The van der Waals surface area contributed by atoms with Crippen molar-refractivity contribution >= 4 is 61.7 Å². The van der Waals surface area contributed by atoms with Gasteiger partial charge < -0.3 is 5.32 Å². The fraction of sp³-hybridized carbons (Fsp3) is 0. The Labute approximate surface area is 131 Å². The lowest BCUT2D eigenvalue weighted by atomic mass is 10.2. The van der Waals surface area contributed by atoms with Crippen LogP contribution < -0.4 is 5.32 Å². The van der Waals surface area contributed by atoms with Crippen LogP contribution >= 0.6 is 50.1 Å². The molecule has 2 rings (SSSR count). The van der Waals surface area contributed by atoms with Crippen LogP contribution in [0.1, 0.15) is 10.4 Å². The van der Waals surface area contributed by atoms with Gasteiger partial charge in [0.1, 0.15) is 0 Å². The molecule has 92 valence electrons. The van der Waals surface area contributed by atoms with Crippen molar-refractivity contribution in [1.82, 2.24) is 4.98 Å². The zero-order valence-electron chi connectivity index (χ0n) is 8.95. The lowest BCUT2D eigenvalue weighted by Gasteiger charge is -2.08. The number of amides is 1. The number of benzene rings is 1. The van der Waals surface area contributed by atoms with Crippen molar-refractivity contribution in [3.8, 4) is 0 Å². The maximum Gasteiger partial charge on any atom is 0.256 e. The van der Waals surface area contributed by atoms with Crippen LogP contribution in [0.4, 0.5) is 5.69 Å². The van der Waals surface area contributed by atoms with Crippen molar-refractivity contribution in [3.05, 3.63) is 55.3 Å². The van der Waals surface area contributed by atoms with E-state index in [0.717, 1.165) is 8.04 Å². The Morgan fingerprint density at radius 3 is 2.89 bits per heavy atom. The van der Waals surface area contributed by atoms with Gasteiger partial charge in [0.15, 0.2) is 0 Å². The van der Waals surface area contributed by atoms with E-state index in [4.69, 9.17) is 11.6 Å². The minimum atomic E-state index is -0.200. The first-order chi connectivity index (χ1) is 8.58. The second-order valence-corrected chi connectivity index (χ2v) is 5.89. The highest BCUT2D eigenvalue weighted by atomic mass is 127. The van der Waals surface area contributed by atoms with Crippen LogP contribution in [-0.2, 0) is 0 Å². The average molecular weight is 437 g/mol. The van der Waals surface area contributed by atoms with Gasteiger partial charge >= 0.3 is 0 Å². The van der Waals surface area contributed by atoms with Crippen LogP contribution in [0.2, 0.25) is 5.02 Å². The van der Waals surface area contributed by atoms with Gasteiger partial charge in [-0.15, -0.1) is 0 Å². The lowest BCUT2D eigenvalue weighted by Crippen LogP contribution is -2.13. The molecule has 0 aliphatic carbocycles. The summed E-state index contributed by atoms with van der Waals surface area (Å²) in [7, 11) is 0. The molecule has 3 nitrogen and oxygen atoms in total. The van der Waals surface area contributed by atoms with Gasteiger partial charge in [0, 0.05) is 21.0 Å². The zero-order valence-corrected chi connectivity index (χ0v) is 13.5. The van der Waals surface area contributed by atoms with Crippen LogP contribution in [0, 0.1) is 3.57 Å². The molecule has 0 saturated heterocycles. The monoisotopic (exact) mass is 436 g/mol. The standard InChI is InChI=1S/C12H7BrClIN2O/c13-9-6-16-4-3-11(9)17-12(18)8-5-7(14)1-2-10(8)15/h1-6H,(H,16,17,18). The number of nitrogens with one attached hydrogen (secondary N) is 1. The van der Waals surface area contributed by atoms with Gasteiger partial charge in [0.05, 0.1) is 15.7 Å². The highest BCUT2D eigenvalue weighted by Crippen LogP contribution is 2.23. The van der Waals surface area contributed by atoms with E-state index in [1.54, 1.807) is 36.7 Å². The third-order valence-corrected chi connectivity index (χ3v) is 4.00. The number of halogens is 3. The molecule has 0 aliphatic rings. The summed E-state index contributed by atoms with van der Waals surface area (Å²) in [5.41, 5.74) is 1.22. The Balaban J connectivity index is 2.28. The van der Waals surface area contributed by atoms with Crippen LogP contribution in [0.15, 0.2) is 41.1 Å². The molecule has 1 aromatic heterocycles. The van der Waals surface area contributed by atoms with Crippen molar-refractivity contribution < 1.29 is 4.79 Å². The third-order valence-electron chi connectivity index (χ3n) is 2.19. The predicted octanol–water partition coefficient (Wildman–Crippen LogP) is 4.35. The second-order valence-electron chi connectivity index (χ2n) is 3.43. The Hall–Kier alpha value is -0.660. The van der Waals surface area contributed by atoms with Crippen molar-refractivity contribution in [2.75, 3.05) is 5.32 Å². The number of carbonyl (C=O) groups excluding carboxylic acids is 1. The largest absolute Gasteiger partial charge is 0.321 e. The van der Waals surface area contributed by atoms with E-state index in [9.17, 15) is 4.79 Å². The highest BCUT2D eigenvalue weighted by molar-refractivity contribution is 14.1. The summed E-state index contributed by atoms with van der Waals surface area (Å²) < 4.78 is 1.58. The van der Waals surface area contributed by atoms with Crippen LogP contribution in [-0.4, -0.2) is 10.9 Å². The molecule has 0 saturated carbocycles. The molecule has 0 bridgehead atoms. The van der Waals surface area contributed by atoms with E-state index in [1.165, 1.54) is 0 Å². The third kappa shape index (κ3) is 3.21. The number of pyridine rings is 1. The SMILES string of the molecule is O=C(Nc1ccncc1Br)c1cc(Cl)ccc1I. The molecular weight excluding hydrogens is 430 g/mol. The summed E-state index contributed by atoms with van der Waals surface area (Å²) in [5, 5.41) is 3.34. The second kappa shape index (κ2) is 5.99. The molecule has 6 heteroatoms. The van der Waals surface area contributed by atoms with Gasteiger partial charge in [0.2, 0.25) is 0 Å². The molecule has 1 heterocycles. The predicted molar refractivity (Wildman–Crippen MR) is 84.1 cm³/mol. The van der Waals surface area contributed by atoms with Gasteiger partial charge in [-0.25, -0.2) is 0 Å². The zero-order chi connectivity index (χ0) is 13.1. The quantitative estimate of drug-likeness (QED) is 0.710. The van der Waals surface area contributed by atoms with Crippen molar-refractivity contribution in [2.24, 2.45) is 0 Å². The molecule has 1 amide bonds. The van der Waals surface area contributed by atoms with E-state index >= 15 is 0 Å². The lowest BCUT2D eigenvalue weighted by molar-refractivity contribution is 0.102. The Morgan fingerprint density at radius 2 is 2.17 bits per heavy atom. The number of aromatic nitrogens is 1. The molecule has 1 aromatic carbocycles. The van der Waals surface area contributed by atoms with E-state index in [0.29, 0.717) is 16.3 Å². The number of anilines is 1. The van der Waals surface area contributed by atoms with Gasteiger partial charge in [0.25, 0.3) is 5.91 Å². The Morgan fingerprint density at radius 1 is 1.39 bits per heavy atom. The molecule has 0 unspecified atom stereocenters. The van der Waals surface area contributed by atoms with Gasteiger partial charge in [-0.05, 0) is 62.8 Å². The van der Waals surface area contributed by atoms with Gasteiger partial charge in [-0.1, -0.05) is 11.6 Å². The summed E-state index contributed by atoms with van der Waals surface area (Å²) in [6.45, 7) is 0. The highest BCUT2D eigenvalue weighted by Gasteiger charge is 2.12. The van der Waals surface area contributed by atoms with E-state index in [2.05, 4.69) is 48.8 Å². The van der Waals surface area contributed by atoms with Crippen LogP contribution in [0.5, 0.6) is 0 Å². The van der Waals surface area contributed by atoms with E-state index in [-0.39, 0.29) is 5.91 Å². The van der Waals surface area contributed by atoms with Crippen molar-refractivity contribution in [1.29, 1.82) is 0 Å².